The Morgan fingerprint density at radius 1 is 0.962 bits per heavy atom. The zero-order chi connectivity index (χ0) is 18.4. The van der Waals surface area contributed by atoms with Crippen molar-refractivity contribution in [2.75, 3.05) is 11.9 Å². The van der Waals surface area contributed by atoms with Gasteiger partial charge >= 0.3 is 5.97 Å². The van der Waals surface area contributed by atoms with Crippen molar-refractivity contribution in [3.05, 3.63) is 72.8 Å². The lowest BCUT2D eigenvalue weighted by Gasteiger charge is -2.12. The van der Waals surface area contributed by atoms with E-state index in [1.807, 2.05) is 72.8 Å². The highest BCUT2D eigenvalue weighted by Gasteiger charge is 2.17. The molecule has 1 atom stereocenters. The summed E-state index contributed by atoms with van der Waals surface area (Å²) in [5.41, 5.74) is 0.704. The van der Waals surface area contributed by atoms with Crippen LogP contribution in [-0.4, -0.2) is 23.7 Å². The van der Waals surface area contributed by atoms with Crippen LogP contribution in [0.3, 0.4) is 0 Å². The number of anilines is 1. The first-order valence-electron chi connectivity index (χ1n) is 8.29. The number of benzene rings is 3. The van der Waals surface area contributed by atoms with E-state index in [-0.39, 0.29) is 17.8 Å². The minimum Gasteiger partial charge on any atom is -0.455 e. The van der Waals surface area contributed by atoms with Gasteiger partial charge in [0, 0.05) is 16.0 Å². The van der Waals surface area contributed by atoms with E-state index in [9.17, 15) is 9.59 Å². The average molecular weight is 365 g/mol. The molecule has 3 aromatic rings. The Balaban J connectivity index is 1.54. The molecule has 0 unspecified atom stereocenters. The third-order valence-electron chi connectivity index (χ3n) is 3.80. The molecule has 0 radical (unpaired) electrons. The zero-order valence-corrected chi connectivity index (χ0v) is 15.2. The molecule has 132 valence electrons. The number of hydrogen-bond donors (Lipinski definition) is 1. The van der Waals surface area contributed by atoms with Gasteiger partial charge in [-0.05, 0) is 30.5 Å². The van der Waals surface area contributed by atoms with Gasteiger partial charge in [-0.25, -0.2) is 0 Å². The SMILES string of the molecule is C[C@H](Sc1ccccc1)C(=O)OCC(=O)Nc1cccc2ccccc12. The molecule has 0 saturated heterocycles. The number of carbonyl (C=O) groups excluding carboxylic acids is 2. The number of rotatable bonds is 6. The summed E-state index contributed by atoms with van der Waals surface area (Å²) in [4.78, 5) is 25.2. The molecule has 0 aliphatic rings. The maximum absolute atomic E-state index is 12.1. The standard InChI is InChI=1S/C21H19NO3S/c1-15(26-17-10-3-2-4-11-17)21(24)25-14-20(23)22-19-13-7-9-16-8-5-6-12-18(16)19/h2-13,15H,14H2,1H3,(H,22,23)/t15-/m0/s1. The summed E-state index contributed by atoms with van der Waals surface area (Å²) in [6, 6.07) is 23.1. The first-order chi connectivity index (χ1) is 12.6. The Kier molecular flexibility index (Phi) is 5.92. The fourth-order valence-electron chi connectivity index (χ4n) is 2.53. The van der Waals surface area contributed by atoms with E-state index in [1.54, 1.807) is 6.92 Å². The van der Waals surface area contributed by atoms with Crippen LogP contribution in [0.25, 0.3) is 10.8 Å². The Morgan fingerprint density at radius 3 is 2.46 bits per heavy atom. The van der Waals surface area contributed by atoms with Crippen LogP contribution in [0.5, 0.6) is 0 Å². The van der Waals surface area contributed by atoms with E-state index >= 15 is 0 Å². The average Bonchev–Trinajstić information content (AvgIpc) is 2.67. The van der Waals surface area contributed by atoms with Crippen molar-refractivity contribution in [1.29, 1.82) is 0 Å². The van der Waals surface area contributed by atoms with Gasteiger partial charge in [-0.3, -0.25) is 9.59 Å². The van der Waals surface area contributed by atoms with Gasteiger partial charge in [0.15, 0.2) is 6.61 Å². The second kappa shape index (κ2) is 8.54. The van der Waals surface area contributed by atoms with E-state index in [0.717, 1.165) is 15.7 Å². The highest BCUT2D eigenvalue weighted by molar-refractivity contribution is 8.00. The maximum Gasteiger partial charge on any atom is 0.319 e. The first-order valence-corrected chi connectivity index (χ1v) is 9.17. The van der Waals surface area contributed by atoms with Gasteiger partial charge in [-0.15, -0.1) is 11.8 Å². The lowest BCUT2D eigenvalue weighted by atomic mass is 10.1. The Labute approximate surface area is 156 Å². The van der Waals surface area contributed by atoms with Gasteiger partial charge in [0.1, 0.15) is 5.25 Å². The molecule has 1 amide bonds. The molecule has 0 aliphatic heterocycles. The molecule has 4 nitrogen and oxygen atoms in total. The van der Waals surface area contributed by atoms with Crippen LogP contribution >= 0.6 is 11.8 Å². The molecule has 0 heterocycles. The predicted molar refractivity (Wildman–Crippen MR) is 105 cm³/mol. The van der Waals surface area contributed by atoms with Gasteiger partial charge in [0.25, 0.3) is 5.91 Å². The summed E-state index contributed by atoms with van der Waals surface area (Å²) >= 11 is 1.40. The molecule has 3 aromatic carbocycles. The molecular weight excluding hydrogens is 346 g/mol. The third-order valence-corrected chi connectivity index (χ3v) is 4.89. The first kappa shape index (κ1) is 18.0. The summed E-state index contributed by atoms with van der Waals surface area (Å²) in [7, 11) is 0. The van der Waals surface area contributed by atoms with Crippen LogP contribution in [0.4, 0.5) is 5.69 Å². The van der Waals surface area contributed by atoms with Crippen molar-refractivity contribution in [3.63, 3.8) is 0 Å². The Bertz CT molecular complexity index is 906. The van der Waals surface area contributed by atoms with E-state index in [0.29, 0.717) is 5.69 Å². The molecule has 5 heteroatoms. The minimum atomic E-state index is -0.410. The maximum atomic E-state index is 12.1. The van der Waals surface area contributed by atoms with E-state index in [2.05, 4.69) is 5.32 Å². The smallest absolute Gasteiger partial charge is 0.319 e. The van der Waals surface area contributed by atoms with Crippen molar-refractivity contribution >= 4 is 40.1 Å². The van der Waals surface area contributed by atoms with E-state index in [1.165, 1.54) is 11.8 Å². The Morgan fingerprint density at radius 2 is 1.65 bits per heavy atom. The van der Waals surface area contributed by atoms with Crippen molar-refractivity contribution in [2.45, 2.75) is 17.1 Å². The number of amides is 1. The summed E-state index contributed by atoms with van der Waals surface area (Å²) in [6.07, 6.45) is 0. The molecule has 0 saturated carbocycles. The number of fused-ring (bicyclic) bond motifs is 1. The van der Waals surface area contributed by atoms with Crippen molar-refractivity contribution in [3.8, 4) is 0 Å². The van der Waals surface area contributed by atoms with E-state index < -0.39 is 5.97 Å². The lowest BCUT2D eigenvalue weighted by Crippen LogP contribution is -2.24. The van der Waals surface area contributed by atoms with Crippen LogP contribution in [-0.2, 0) is 14.3 Å². The fraction of sp³-hybridized carbons (Fsp3) is 0.143. The molecule has 3 rings (SSSR count). The number of thioether (sulfide) groups is 1. The summed E-state index contributed by atoms with van der Waals surface area (Å²) in [5, 5.41) is 4.40. The largest absolute Gasteiger partial charge is 0.455 e. The molecule has 0 bridgehead atoms. The normalized spacial score (nSPS) is 11.7. The van der Waals surface area contributed by atoms with Gasteiger partial charge in [0.05, 0.1) is 0 Å². The molecule has 0 spiro atoms. The van der Waals surface area contributed by atoms with Crippen LogP contribution in [0.1, 0.15) is 6.92 Å². The Hall–Kier alpha value is -2.79. The fourth-order valence-corrected chi connectivity index (χ4v) is 3.41. The lowest BCUT2D eigenvalue weighted by molar-refractivity contribution is -0.146. The van der Waals surface area contributed by atoms with E-state index in [4.69, 9.17) is 4.74 Å². The monoisotopic (exact) mass is 365 g/mol. The number of hydrogen-bond acceptors (Lipinski definition) is 4. The highest BCUT2D eigenvalue weighted by Crippen LogP contribution is 2.24. The number of nitrogens with one attached hydrogen (secondary N) is 1. The summed E-state index contributed by atoms with van der Waals surface area (Å²) in [6.45, 7) is 1.46. The number of carbonyl (C=O) groups is 2. The van der Waals surface area contributed by atoms with Gasteiger partial charge in [-0.2, -0.15) is 0 Å². The van der Waals surface area contributed by atoms with Crippen LogP contribution < -0.4 is 5.32 Å². The van der Waals surface area contributed by atoms with Crippen LogP contribution in [0.15, 0.2) is 77.7 Å². The van der Waals surface area contributed by atoms with Crippen molar-refractivity contribution in [2.24, 2.45) is 0 Å². The van der Waals surface area contributed by atoms with Crippen LogP contribution in [0, 0.1) is 0 Å². The molecule has 26 heavy (non-hydrogen) atoms. The molecular formula is C21H19NO3S. The quantitative estimate of drug-likeness (QED) is 0.516. The summed E-state index contributed by atoms with van der Waals surface area (Å²) < 4.78 is 5.15. The third kappa shape index (κ3) is 4.64. The topological polar surface area (TPSA) is 55.4 Å². The van der Waals surface area contributed by atoms with Gasteiger partial charge < -0.3 is 10.1 Å². The predicted octanol–water partition coefficient (Wildman–Crippen LogP) is 4.50. The molecule has 0 aromatic heterocycles. The number of ether oxygens (including phenoxy) is 1. The second-order valence-electron chi connectivity index (χ2n) is 5.76. The van der Waals surface area contributed by atoms with Gasteiger partial charge in [-0.1, -0.05) is 54.6 Å². The molecule has 1 N–H and O–H groups in total. The minimum absolute atomic E-state index is 0.304. The highest BCUT2D eigenvalue weighted by atomic mass is 32.2. The van der Waals surface area contributed by atoms with Crippen molar-refractivity contribution < 1.29 is 14.3 Å². The molecule has 0 aliphatic carbocycles. The van der Waals surface area contributed by atoms with Gasteiger partial charge in [0.2, 0.25) is 0 Å². The molecule has 0 fully saturated rings. The van der Waals surface area contributed by atoms with Crippen molar-refractivity contribution in [1.82, 2.24) is 0 Å². The zero-order valence-electron chi connectivity index (χ0n) is 14.3. The van der Waals surface area contributed by atoms with Crippen LogP contribution in [0.2, 0.25) is 0 Å². The summed E-state index contributed by atoms with van der Waals surface area (Å²) in [5.74, 6) is -0.765. The number of esters is 1. The second-order valence-corrected chi connectivity index (χ2v) is 7.17.